The molecular weight excluding hydrogens is 242 g/mol. The molecule has 0 aliphatic heterocycles. The van der Waals surface area contributed by atoms with Gasteiger partial charge in [0.15, 0.2) is 5.78 Å². The molecule has 0 spiro atoms. The molecule has 0 unspecified atom stereocenters. The Balaban J connectivity index is 2.11. The molecule has 0 aromatic carbocycles. The van der Waals surface area contributed by atoms with Crippen LogP contribution in [0.4, 0.5) is 0 Å². The van der Waals surface area contributed by atoms with Gasteiger partial charge in [-0.05, 0) is 19.9 Å². The number of hydrogen-bond donors (Lipinski definition) is 1. The van der Waals surface area contributed by atoms with Gasteiger partial charge >= 0.3 is 0 Å². The summed E-state index contributed by atoms with van der Waals surface area (Å²) in [7, 11) is 0. The van der Waals surface area contributed by atoms with Crippen molar-refractivity contribution in [1.82, 2.24) is 19.3 Å². The van der Waals surface area contributed by atoms with E-state index < -0.39 is 0 Å². The summed E-state index contributed by atoms with van der Waals surface area (Å²) in [6, 6.07) is 1.94. The molecule has 0 atom stereocenters. The van der Waals surface area contributed by atoms with Gasteiger partial charge in [-0.2, -0.15) is 5.10 Å². The first-order valence-corrected chi connectivity index (χ1v) is 6.42. The fourth-order valence-electron chi connectivity index (χ4n) is 2.05. The largest absolute Gasteiger partial charge is 0.335 e. The first kappa shape index (κ1) is 13.5. The number of aromatic nitrogens is 4. The molecule has 0 bridgehead atoms. The molecule has 2 aromatic rings. The van der Waals surface area contributed by atoms with Crippen LogP contribution in [0.25, 0.3) is 0 Å². The van der Waals surface area contributed by atoms with E-state index in [9.17, 15) is 4.79 Å². The number of aryl methyl sites for hydroxylation is 2. The van der Waals surface area contributed by atoms with Gasteiger partial charge in [-0.25, -0.2) is 4.98 Å². The molecule has 0 saturated carbocycles. The lowest BCUT2D eigenvalue weighted by molar-refractivity contribution is 0.0986. The summed E-state index contributed by atoms with van der Waals surface area (Å²) in [6.07, 6.45) is 3.71. The third-order valence-electron chi connectivity index (χ3n) is 2.93. The minimum atomic E-state index is 0.00497. The van der Waals surface area contributed by atoms with Crippen molar-refractivity contribution in [2.45, 2.75) is 33.4 Å². The molecule has 0 saturated heterocycles. The van der Waals surface area contributed by atoms with E-state index in [4.69, 9.17) is 5.73 Å². The second kappa shape index (κ2) is 5.79. The molecule has 0 amide bonds. The van der Waals surface area contributed by atoms with Gasteiger partial charge in [-0.3, -0.25) is 9.48 Å². The third kappa shape index (κ3) is 3.08. The number of nitrogens with zero attached hydrogens (tertiary/aromatic N) is 4. The fourth-order valence-corrected chi connectivity index (χ4v) is 2.05. The van der Waals surface area contributed by atoms with Crippen molar-refractivity contribution >= 4 is 5.78 Å². The van der Waals surface area contributed by atoms with Crippen molar-refractivity contribution in [3.05, 3.63) is 35.7 Å². The highest BCUT2D eigenvalue weighted by atomic mass is 16.1. The van der Waals surface area contributed by atoms with Crippen LogP contribution in [0, 0.1) is 6.92 Å². The molecular formula is C13H19N5O. The minimum absolute atomic E-state index is 0.00497. The van der Waals surface area contributed by atoms with Gasteiger partial charge in [0.2, 0.25) is 0 Å². The molecule has 0 fully saturated rings. The van der Waals surface area contributed by atoms with Gasteiger partial charge in [0.05, 0.1) is 18.4 Å². The molecule has 19 heavy (non-hydrogen) atoms. The Hall–Kier alpha value is -1.95. The van der Waals surface area contributed by atoms with Crippen LogP contribution >= 0.6 is 0 Å². The highest BCUT2D eigenvalue weighted by molar-refractivity contribution is 5.95. The summed E-state index contributed by atoms with van der Waals surface area (Å²) < 4.78 is 3.68. The molecule has 2 aromatic heterocycles. The van der Waals surface area contributed by atoms with E-state index in [1.165, 1.54) is 0 Å². The number of imidazole rings is 1. The lowest BCUT2D eigenvalue weighted by atomic mass is 10.1. The maximum absolute atomic E-state index is 12.2. The molecule has 0 radical (unpaired) electrons. The normalized spacial score (nSPS) is 10.9. The summed E-state index contributed by atoms with van der Waals surface area (Å²) >= 11 is 0. The number of nitrogens with two attached hydrogens (primary N) is 1. The highest BCUT2D eigenvalue weighted by Gasteiger charge is 2.13. The van der Waals surface area contributed by atoms with Gasteiger partial charge in [0, 0.05) is 31.5 Å². The Bertz CT molecular complexity index is 569. The smallest absolute Gasteiger partial charge is 0.188 e. The fraction of sp³-hybridized carbons (Fsp3) is 0.462. The second-order valence-corrected chi connectivity index (χ2v) is 4.48. The van der Waals surface area contributed by atoms with Gasteiger partial charge in [0.25, 0.3) is 0 Å². The monoisotopic (exact) mass is 261 g/mol. The average Bonchev–Trinajstić information content (AvgIpc) is 2.96. The van der Waals surface area contributed by atoms with E-state index in [1.54, 1.807) is 12.5 Å². The molecule has 0 aliphatic carbocycles. The minimum Gasteiger partial charge on any atom is -0.335 e. The third-order valence-corrected chi connectivity index (χ3v) is 2.93. The number of ketones is 1. The van der Waals surface area contributed by atoms with Crippen molar-refractivity contribution in [2.24, 2.45) is 5.73 Å². The summed E-state index contributed by atoms with van der Waals surface area (Å²) in [5.41, 5.74) is 7.80. The van der Waals surface area contributed by atoms with Crippen molar-refractivity contribution in [2.75, 3.05) is 6.54 Å². The average molecular weight is 261 g/mol. The highest BCUT2D eigenvalue weighted by Crippen LogP contribution is 2.08. The molecule has 6 heteroatoms. The topological polar surface area (TPSA) is 78.7 Å². The molecule has 6 nitrogen and oxygen atoms in total. The number of carbonyl (C=O) groups is 1. The van der Waals surface area contributed by atoms with E-state index in [0.717, 1.165) is 17.9 Å². The van der Waals surface area contributed by atoms with Gasteiger partial charge in [0.1, 0.15) is 5.69 Å². The predicted molar refractivity (Wildman–Crippen MR) is 72.0 cm³/mol. The zero-order chi connectivity index (χ0) is 13.8. The van der Waals surface area contributed by atoms with Gasteiger partial charge in [-0.15, -0.1) is 0 Å². The van der Waals surface area contributed by atoms with Crippen molar-refractivity contribution in [3.63, 3.8) is 0 Å². The predicted octanol–water partition coefficient (Wildman–Crippen LogP) is 0.792. The summed E-state index contributed by atoms with van der Waals surface area (Å²) in [5.74, 6) is 0.00497. The van der Waals surface area contributed by atoms with Crippen LogP contribution in [0.5, 0.6) is 0 Å². The summed E-state index contributed by atoms with van der Waals surface area (Å²) in [6.45, 7) is 5.91. The van der Waals surface area contributed by atoms with Crippen LogP contribution < -0.4 is 5.73 Å². The number of carbonyl (C=O) groups excluding carboxylic acids is 1. The molecule has 102 valence electrons. The zero-order valence-electron chi connectivity index (χ0n) is 11.3. The number of rotatable bonds is 6. The number of Topliss-reactive ketones (excluding diaryl/α,β-unsaturated/α-hetero) is 1. The quantitative estimate of drug-likeness (QED) is 0.780. The van der Waals surface area contributed by atoms with Gasteiger partial charge < -0.3 is 10.3 Å². The first-order chi connectivity index (χ1) is 9.13. The standard InChI is InChI=1S/C13H19N5O/c1-3-18-11(6-10(2)16-18)7-13(19)12-8-17(5-4-14)9-15-12/h6,8-9H,3-5,7,14H2,1-2H3. The first-order valence-electron chi connectivity index (χ1n) is 6.42. The molecule has 0 aliphatic rings. The Morgan fingerprint density at radius 3 is 2.95 bits per heavy atom. The Morgan fingerprint density at radius 1 is 1.47 bits per heavy atom. The Kier molecular flexibility index (Phi) is 4.11. The maximum atomic E-state index is 12.2. The Labute approximate surface area is 112 Å². The van der Waals surface area contributed by atoms with Crippen molar-refractivity contribution in [1.29, 1.82) is 0 Å². The van der Waals surface area contributed by atoms with E-state index in [-0.39, 0.29) is 5.78 Å². The molecule has 2 heterocycles. The zero-order valence-corrected chi connectivity index (χ0v) is 11.3. The van der Waals surface area contributed by atoms with Crippen LogP contribution in [0.15, 0.2) is 18.6 Å². The molecule has 2 N–H and O–H groups in total. The van der Waals surface area contributed by atoms with E-state index in [0.29, 0.717) is 25.2 Å². The van der Waals surface area contributed by atoms with E-state index in [1.807, 2.05) is 29.2 Å². The van der Waals surface area contributed by atoms with Gasteiger partial charge in [-0.1, -0.05) is 0 Å². The summed E-state index contributed by atoms with van der Waals surface area (Å²) in [4.78, 5) is 16.3. The van der Waals surface area contributed by atoms with Crippen LogP contribution in [0.1, 0.15) is 28.8 Å². The molecule has 2 rings (SSSR count). The van der Waals surface area contributed by atoms with Crippen LogP contribution in [-0.4, -0.2) is 31.7 Å². The second-order valence-electron chi connectivity index (χ2n) is 4.48. The van der Waals surface area contributed by atoms with Crippen molar-refractivity contribution < 1.29 is 4.79 Å². The maximum Gasteiger partial charge on any atom is 0.188 e. The van der Waals surface area contributed by atoms with Crippen LogP contribution in [-0.2, 0) is 19.5 Å². The summed E-state index contributed by atoms with van der Waals surface area (Å²) in [5, 5.41) is 4.33. The van der Waals surface area contributed by atoms with Crippen molar-refractivity contribution in [3.8, 4) is 0 Å². The van der Waals surface area contributed by atoms with Crippen LogP contribution in [0.3, 0.4) is 0 Å². The lowest BCUT2D eigenvalue weighted by Crippen LogP contribution is -2.10. The lowest BCUT2D eigenvalue weighted by Gasteiger charge is -2.02. The Morgan fingerprint density at radius 2 is 2.26 bits per heavy atom. The van der Waals surface area contributed by atoms with E-state index >= 15 is 0 Å². The van der Waals surface area contributed by atoms with Crippen LogP contribution in [0.2, 0.25) is 0 Å². The number of hydrogen-bond acceptors (Lipinski definition) is 4. The van der Waals surface area contributed by atoms with E-state index in [2.05, 4.69) is 10.1 Å². The SMILES string of the molecule is CCn1nc(C)cc1CC(=O)c1cn(CCN)cn1.